The van der Waals surface area contributed by atoms with Crippen molar-refractivity contribution in [3.05, 3.63) is 78.1 Å². The van der Waals surface area contributed by atoms with Crippen molar-refractivity contribution in [2.24, 2.45) is 7.05 Å². The molecule has 0 bridgehead atoms. The van der Waals surface area contributed by atoms with Crippen molar-refractivity contribution in [2.75, 3.05) is 0 Å². The van der Waals surface area contributed by atoms with Gasteiger partial charge in [0.15, 0.2) is 5.78 Å². The van der Waals surface area contributed by atoms with E-state index in [2.05, 4.69) is 4.98 Å². The van der Waals surface area contributed by atoms with Gasteiger partial charge in [-0.2, -0.15) is 0 Å². The Kier molecular flexibility index (Phi) is 2.79. The molecule has 2 heterocycles. The highest BCUT2D eigenvalue weighted by Crippen LogP contribution is 2.25. The van der Waals surface area contributed by atoms with Gasteiger partial charge in [-0.25, -0.2) is 0 Å². The maximum Gasteiger partial charge on any atom is 0.195 e. The normalized spacial score (nSPS) is 11.1. The van der Waals surface area contributed by atoms with Gasteiger partial charge in [0.25, 0.3) is 0 Å². The summed E-state index contributed by atoms with van der Waals surface area (Å²) in [6, 6.07) is 17.4. The van der Waals surface area contributed by atoms with Crippen LogP contribution in [0.4, 0.5) is 0 Å². The number of hydrogen-bond donors (Lipinski definition) is 0. The molecule has 106 valence electrons. The lowest BCUT2D eigenvalue weighted by molar-refractivity contribution is 0.104. The summed E-state index contributed by atoms with van der Waals surface area (Å²) in [5, 5.41) is 1.87. The van der Waals surface area contributed by atoms with E-state index in [1.165, 1.54) is 0 Å². The molecule has 0 fully saturated rings. The second-order valence-electron chi connectivity index (χ2n) is 5.38. The molecule has 0 N–H and O–H groups in total. The first-order valence-corrected chi connectivity index (χ1v) is 7.18. The van der Waals surface area contributed by atoms with Crippen molar-refractivity contribution in [1.29, 1.82) is 0 Å². The SMILES string of the molecule is Cn1cc(C(=O)c2cccc3ncccc23)c2ccccc21. The van der Waals surface area contributed by atoms with E-state index in [1.807, 2.05) is 72.4 Å². The van der Waals surface area contributed by atoms with Crippen molar-refractivity contribution >= 4 is 27.6 Å². The average molecular weight is 286 g/mol. The molecule has 3 nitrogen and oxygen atoms in total. The van der Waals surface area contributed by atoms with Crippen LogP contribution in [-0.4, -0.2) is 15.3 Å². The second kappa shape index (κ2) is 4.81. The molecule has 4 aromatic rings. The van der Waals surface area contributed by atoms with Gasteiger partial charge >= 0.3 is 0 Å². The first-order valence-electron chi connectivity index (χ1n) is 7.18. The van der Waals surface area contributed by atoms with Crippen LogP contribution >= 0.6 is 0 Å². The van der Waals surface area contributed by atoms with Gasteiger partial charge in [0.1, 0.15) is 0 Å². The molecule has 0 aliphatic rings. The third kappa shape index (κ3) is 1.83. The van der Waals surface area contributed by atoms with Gasteiger partial charge in [-0.3, -0.25) is 9.78 Å². The zero-order valence-electron chi connectivity index (χ0n) is 12.2. The molecule has 0 unspecified atom stereocenters. The van der Waals surface area contributed by atoms with Crippen LogP contribution in [0.2, 0.25) is 0 Å². The number of carbonyl (C=O) groups is 1. The first-order chi connectivity index (χ1) is 10.8. The minimum Gasteiger partial charge on any atom is -0.350 e. The molecule has 3 heteroatoms. The number of benzene rings is 2. The van der Waals surface area contributed by atoms with Crippen molar-refractivity contribution in [2.45, 2.75) is 0 Å². The minimum atomic E-state index is 0.0374. The lowest BCUT2D eigenvalue weighted by Crippen LogP contribution is -2.02. The topological polar surface area (TPSA) is 34.9 Å². The summed E-state index contributed by atoms with van der Waals surface area (Å²) in [4.78, 5) is 17.4. The number of para-hydroxylation sites is 1. The van der Waals surface area contributed by atoms with Gasteiger partial charge in [0, 0.05) is 46.9 Å². The van der Waals surface area contributed by atoms with Gasteiger partial charge in [-0.15, -0.1) is 0 Å². The number of aryl methyl sites for hydroxylation is 1. The Labute approximate surface area is 127 Å². The van der Waals surface area contributed by atoms with E-state index in [-0.39, 0.29) is 5.78 Å². The molecule has 0 amide bonds. The number of fused-ring (bicyclic) bond motifs is 2. The number of hydrogen-bond acceptors (Lipinski definition) is 2. The van der Waals surface area contributed by atoms with Crippen molar-refractivity contribution in [3.8, 4) is 0 Å². The molecular weight excluding hydrogens is 272 g/mol. The van der Waals surface area contributed by atoms with E-state index in [1.54, 1.807) is 6.20 Å². The average Bonchev–Trinajstić information content (AvgIpc) is 2.91. The van der Waals surface area contributed by atoms with Crippen LogP contribution in [0.1, 0.15) is 15.9 Å². The third-order valence-corrected chi connectivity index (χ3v) is 4.03. The predicted molar refractivity (Wildman–Crippen MR) is 88.1 cm³/mol. The van der Waals surface area contributed by atoms with E-state index < -0.39 is 0 Å². The zero-order valence-corrected chi connectivity index (χ0v) is 12.2. The summed E-state index contributed by atoms with van der Waals surface area (Å²) in [5.74, 6) is 0.0374. The van der Waals surface area contributed by atoms with Gasteiger partial charge in [-0.05, 0) is 18.2 Å². The molecule has 2 aromatic carbocycles. The maximum atomic E-state index is 13.0. The molecule has 0 spiro atoms. The van der Waals surface area contributed by atoms with Crippen LogP contribution < -0.4 is 0 Å². The molecule has 22 heavy (non-hydrogen) atoms. The van der Waals surface area contributed by atoms with E-state index >= 15 is 0 Å². The standard InChI is InChI=1S/C19H14N2O/c1-21-12-16(14-6-2-3-10-18(14)21)19(22)15-7-4-9-17-13(15)8-5-11-20-17/h2-12H,1H3. The number of carbonyl (C=O) groups excluding carboxylic acids is 1. The maximum absolute atomic E-state index is 13.0. The molecule has 0 atom stereocenters. The lowest BCUT2D eigenvalue weighted by Gasteiger charge is -2.04. The summed E-state index contributed by atoms with van der Waals surface area (Å²) in [5.41, 5.74) is 3.33. The third-order valence-electron chi connectivity index (χ3n) is 4.03. The van der Waals surface area contributed by atoms with Gasteiger partial charge in [0.2, 0.25) is 0 Å². The summed E-state index contributed by atoms with van der Waals surface area (Å²) in [6.07, 6.45) is 3.65. The number of rotatable bonds is 2. The highest BCUT2D eigenvalue weighted by Gasteiger charge is 2.17. The van der Waals surface area contributed by atoms with Crippen LogP contribution in [0, 0.1) is 0 Å². The molecule has 0 radical (unpaired) electrons. The van der Waals surface area contributed by atoms with Crippen molar-refractivity contribution < 1.29 is 4.79 Å². The lowest BCUT2D eigenvalue weighted by atomic mass is 9.99. The predicted octanol–water partition coefficient (Wildman–Crippen LogP) is 3.96. The highest BCUT2D eigenvalue weighted by molar-refractivity contribution is 6.21. The molecule has 0 aliphatic carbocycles. The first kappa shape index (κ1) is 12.8. The molecule has 0 saturated heterocycles. The van der Waals surface area contributed by atoms with Crippen molar-refractivity contribution in [3.63, 3.8) is 0 Å². The highest BCUT2D eigenvalue weighted by atomic mass is 16.1. The van der Waals surface area contributed by atoms with E-state index in [0.717, 1.165) is 27.4 Å². The minimum absolute atomic E-state index is 0.0374. The zero-order chi connectivity index (χ0) is 15.1. The summed E-state index contributed by atoms with van der Waals surface area (Å²) >= 11 is 0. The van der Waals surface area contributed by atoms with Crippen LogP contribution in [-0.2, 0) is 7.05 Å². The van der Waals surface area contributed by atoms with Crippen LogP contribution in [0.15, 0.2) is 67.0 Å². The second-order valence-corrected chi connectivity index (χ2v) is 5.38. The molecule has 0 saturated carbocycles. The number of nitrogens with zero attached hydrogens (tertiary/aromatic N) is 2. The monoisotopic (exact) mass is 286 g/mol. The molecule has 0 aliphatic heterocycles. The van der Waals surface area contributed by atoms with Gasteiger partial charge in [0.05, 0.1) is 5.52 Å². The molecule has 2 aromatic heterocycles. The number of pyridine rings is 1. The van der Waals surface area contributed by atoms with E-state index in [0.29, 0.717) is 5.56 Å². The van der Waals surface area contributed by atoms with Crippen LogP contribution in [0.25, 0.3) is 21.8 Å². The summed E-state index contributed by atoms with van der Waals surface area (Å²) in [7, 11) is 1.96. The molecule has 4 rings (SSSR count). The Bertz CT molecular complexity index is 1010. The smallest absolute Gasteiger partial charge is 0.195 e. The fraction of sp³-hybridized carbons (Fsp3) is 0.0526. The number of aromatic nitrogens is 2. The fourth-order valence-electron chi connectivity index (χ4n) is 2.97. The van der Waals surface area contributed by atoms with Crippen LogP contribution in [0.3, 0.4) is 0 Å². The Balaban J connectivity index is 1.97. The Morgan fingerprint density at radius 3 is 2.64 bits per heavy atom. The Morgan fingerprint density at radius 1 is 0.909 bits per heavy atom. The number of ketones is 1. The van der Waals surface area contributed by atoms with Gasteiger partial charge < -0.3 is 4.57 Å². The Morgan fingerprint density at radius 2 is 1.73 bits per heavy atom. The Hall–Kier alpha value is -2.94. The summed E-state index contributed by atoms with van der Waals surface area (Å²) in [6.45, 7) is 0. The molecular formula is C19H14N2O. The van der Waals surface area contributed by atoms with Crippen molar-refractivity contribution in [1.82, 2.24) is 9.55 Å². The van der Waals surface area contributed by atoms with E-state index in [4.69, 9.17) is 0 Å². The summed E-state index contributed by atoms with van der Waals surface area (Å²) < 4.78 is 1.99. The quantitative estimate of drug-likeness (QED) is 0.523. The largest absolute Gasteiger partial charge is 0.350 e. The van der Waals surface area contributed by atoms with E-state index in [9.17, 15) is 4.79 Å². The fourth-order valence-corrected chi connectivity index (χ4v) is 2.97. The van der Waals surface area contributed by atoms with Crippen LogP contribution in [0.5, 0.6) is 0 Å². The van der Waals surface area contributed by atoms with Gasteiger partial charge in [-0.1, -0.05) is 36.4 Å².